The quantitative estimate of drug-likeness (QED) is 0.373. The summed E-state index contributed by atoms with van der Waals surface area (Å²) in [6, 6.07) is 0. The molecule has 1 aliphatic rings. The van der Waals surface area contributed by atoms with Crippen molar-refractivity contribution in [3.05, 3.63) is 24.3 Å². The molecule has 0 aromatic carbocycles. The Bertz CT molecular complexity index is 201. The van der Waals surface area contributed by atoms with Gasteiger partial charge < -0.3 is 9.84 Å². The number of carboxylic acids is 1. The minimum Gasteiger partial charge on any atom is -0.478 e. The molecule has 0 aromatic rings. The molecule has 1 unspecified atom stereocenters. The fourth-order valence-electron chi connectivity index (χ4n) is 0.794. The maximum absolute atomic E-state index is 10.5. The summed E-state index contributed by atoms with van der Waals surface area (Å²) in [7, 11) is 0. The van der Waals surface area contributed by atoms with Crippen molar-refractivity contribution in [3.8, 4) is 0 Å². The van der Waals surface area contributed by atoms with Crippen molar-refractivity contribution in [1.29, 1.82) is 0 Å². The van der Waals surface area contributed by atoms with E-state index in [1.165, 1.54) is 0 Å². The minimum absolute atomic E-state index is 0.174. The normalized spacial score (nSPS) is 22.9. The molecule has 0 aliphatic carbocycles. The minimum atomic E-state index is -0.894. The van der Waals surface area contributed by atoms with Gasteiger partial charge in [-0.15, -0.1) is 6.58 Å². The lowest BCUT2D eigenvalue weighted by molar-refractivity contribution is -0.132. The fourth-order valence-corrected chi connectivity index (χ4v) is 0.794. The maximum Gasteiger partial charge on any atom is 0.334 e. The summed E-state index contributed by atoms with van der Waals surface area (Å²) in [5.74, 6) is -0.894. The fraction of sp³-hybridized carbons (Fsp3) is 0.375. The molecule has 11 heavy (non-hydrogen) atoms. The predicted octanol–water partition coefficient (Wildman–Crippen LogP) is 0.972. The van der Waals surface area contributed by atoms with Gasteiger partial charge in [-0.2, -0.15) is 0 Å². The molecule has 3 nitrogen and oxygen atoms in total. The zero-order chi connectivity index (χ0) is 8.27. The van der Waals surface area contributed by atoms with E-state index in [0.717, 1.165) is 0 Å². The third kappa shape index (κ3) is 2.20. The van der Waals surface area contributed by atoms with Crippen LogP contribution in [-0.4, -0.2) is 23.8 Å². The highest BCUT2D eigenvalue weighted by molar-refractivity contribution is 5.88. The molecule has 1 rings (SSSR count). The average Bonchev–Trinajstić information content (AvgIpc) is 2.71. The number of epoxide rings is 1. The molecule has 0 spiro atoms. The van der Waals surface area contributed by atoms with Gasteiger partial charge in [0.15, 0.2) is 0 Å². The van der Waals surface area contributed by atoms with Crippen LogP contribution in [0, 0.1) is 0 Å². The van der Waals surface area contributed by atoms with Crippen LogP contribution in [0.25, 0.3) is 0 Å². The van der Waals surface area contributed by atoms with E-state index in [1.807, 2.05) is 0 Å². The van der Waals surface area contributed by atoms with Crippen molar-refractivity contribution >= 4 is 5.97 Å². The Morgan fingerprint density at radius 1 is 1.82 bits per heavy atom. The van der Waals surface area contributed by atoms with Crippen LogP contribution in [0.5, 0.6) is 0 Å². The standard InChI is InChI=1S/C8H10O3/c1-2-3-4-6(8(9)10)7-5-11-7/h2,4,7H,1,3,5H2,(H,9,10)/b6-4-. The van der Waals surface area contributed by atoms with E-state index >= 15 is 0 Å². The summed E-state index contributed by atoms with van der Waals surface area (Å²) in [4.78, 5) is 10.5. The Balaban J connectivity index is 2.57. The van der Waals surface area contributed by atoms with Crippen LogP contribution in [0.4, 0.5) is 0 Å². The molecule has 60 valence electrons. The highest BCUT2D eigenvalue weighted by Gasteiger charge is 2.31. The summed E-state index contributed by atoms with van der Waals surface area (Å²) < 4.78 is 4.85. The second-order valence-electron chi connectivity index (χ2n) is 2.31. The van der Waals surface area contributed by atoms with E-state index in [0.29, 0.717) is 18.6 Å². The number of rotatable bonds is 4. The van der Waals surface area contributed by atoms with E-state index in [2.05, 4.69) is 6.58 Å². The predicted molar refractivity (Wildman–Crippen MR) is 40.3 cm³/mol. The number of hydrogen-bond donors (Lipinski definition) is 1. The maximum atomic E-state index is 10.5. The smallest absolute Gasteiger partial charge is 0.334 e. The summed E-state index contributed by atoms with van der Waals surface area (Å²) in [6.07, 6.45) is 3.70. The molecule has 1 heterocycles. The lowest BCUT2D eigenvalue weighted by Crippen LogP contribution is -2.06. The first-order valence-corrected chi connectivity index (χ1v) is 3.41. The van der Waals surface area contributed by atoms with Gasteiger partial charge in [0.1, 0.15) is 6.10 Å². The SMILES string of the molecule is C=CC/C=C(\C(=O)O)C1CO1. The third-order valence-electron chi connectivity index (χ3n) is 1.43. The molecule has 1 saturated heterocycles. The zero-order valence-corrected chi connectivity index (χ0v) is 6.12. The lowest BCUT2D eigenvalue weighted by atomic mass is 10.1. The highest BCUT2D eigenvalue weighted by atomic mass is 16.6. The van der Waals surface area contributed by atoms with Crippen LogP contribution >= 0.6 is 0 Å². The van der Waals surface area contributed by atoms with Gasteiger partial charge in [-0.25, -0.2) is 4.79 Å². The molecule has 0 amide bonds. The third-order valence-corrected chi connectivity index (χ3v) is 1.43. The average molecular weight is 154 g/mol. The largest absolute Gasteiger partial charge is 0.478 e. The number of allylic oxidation sites excluding steroid dienone is 2. The molecule has 0 aromatic heterocycles. The van der Waals surface area contributed by atoms with E-state index in [9.17, 15) is 4.79 Å². The summed E-state index contributed by atoms with van der Waals surface area (Å²) in [5.41, 5.74) is 0.352. The van der Waals surface area contributed by atoms with Gasteiger partial charge in [-0.1, -0.05) is 12.2 Å². The lowest BCUT2D eigenvalue weighted by Gasteiger charge is -1.93. The summed E-state index contributed by atoms with van der Waals surface area (Å²) in [6.45, 7) is 4.03. The first-order valence-electron chi connectivity index (χ1n) is 3.41. The molecule has 3 heteroatoms. The first-order chi connectivity index (χ1) is 5.25. The highest BCUT2D eigenvalue weighted by Crippen LogP contribution is 2.19. The molecular weight excluding hydrogens is 144 g/mol. The van der Waals surface area contributed by atoms with Crippen molar-refractivity contribution in [2.24, 2.45) is 0 Å². The topological polar surface area (TPSA) is 49.8 Å². The van der Waals surface area contributed by atoms with Crippen LogP contribution in [0.15, 0.2) is 24.3 Å². The number of aliphatic carboxylic acids is 1. The molecule has 1 N–H and O–H groups in total. The molecule has 1 atom stereocenters. The second kappa shape index (κ2) is 3.34. The van der Waals surface area contributed by atoms with Crippen molar-refractivity contribution in [2.75, 3.05) is 6.61 Å². The number of carbonyl (C=O) groups is 1. The molecule has 0 bridgehead atoms. The van der Waals surface area contributed by atoms with E-state index < -0.39 is 5.97 Å². The zero-order valence-electron chi connectivity index (χ0n) is 6.12. The van der Waals surface area contributed by atoms with Gasteiger partial charge >= 0.3 is 5.97 Å². The van der Waals surface area contributed by atoms with E-state index in [4.69, 9.17) is 9.84 Å². The summed E-state index contributed by atoms with van der Waals surface area (Å²) >= 11 is 0. The first kappa shape index (κ1) is 8.01. The van der Waals surface area contributed by atoms with Gasteiger partial charge in [0.25, 0.3) is 0 Å². The molecule has 1 aliphatic heterocycles. The Labute approximate surface area is 65.0 Å². The van der Waals surface area contributed by atoms with Gasteiger partial charge in [0.05, 0.1) is 12.2 Å². The molecule has 0 saturated carbocycles. The van der Waals surface area contributed by atoms with E-state index in [1.54, 1.807) is 12.2 Å². The summed E-state index contributed by atoms with van der Waals surface area (Å²) in [5, 5.41) is 8.63. The van der Waals surface area contributed by atoms with Crippen LogP contribution in [-0.2, 0) is 9.53 Å². The van der Waals surface area contributed by atoms with Crippen LogP contribution in [0.3, 0.4) is 0 Å². The van der Waals surface area contributed by atoms with Crippen molar-refractivity contribution in [1.82, 2.24) is 0 Å². The van der Waals surface area contributed by atoms with Gasteiger partial charge in [-0.3, -0.25) is 0 Å². The van der Waals surface area contributed by atoms with Crippen LogP contribution in [0.1, 0.15) is 6.42 Å². The Kier molecular flexibility index (Phi) is 2.44. The Morgan fingerprint density at radius 2 is 2.45 bits per heavy atom. The van der Waals surface area contributed by atoms with Crippen molar-refractivity contribution < 1.29 is 14.6 Å². The Hall–Kier alpha value is -1.09. The second-order valence-corrected chi connectivity index (χ2v) is 2.31. The van der Waals surface area contributed by atoms with Gasteiger partial charge in [0.2, 0.25) is 0 Å². The van der Waals surface area contributed by atoms with Crippen molar-refractivity contribution in [2.45, 2.75) is 12.5 Å². The molecular formula is C8H10O3. The van der Waals surface area contributed by atoms with Crippen LogP contribution < -0.4 is 0 Å². The van der Waals surface area contributed by atoms with Crippen LogP contribution in [0.2, 0.25) is 0 Å². The van der Waals surface area contributed by atoms with Gasteiger partial charge in [-0.05, 0) is 6.42 Å². The monoisotopic (exact) mass is 154 g/mol. The molecule has 0 radical (unpaired) electrons. The number of ether oxygens (including phenoxy) is 1. The van der Waals surface area contributed by atoms with E-state index in [-0.39, 0.29) is 6.10 Å². The number of hydrogen-bond acceptors (Lipinski definition) is 2. The number of carboxylic acid groups (broad SMARTS) is 1. The Morgan fingerprint density at radius 3 is 2.82 bits per heavy atom. The molecule has 1 fully saturated rings. The van der Waals surface area contributed by atoms with Gasteiger partial charge in [0, 0.05) is 0 Å². The van der Waals surface area contributed by atoms with Crippen molar-refractivity contribution in [3.63, 3.8) is 0 Å².